The molecule has 1 heteroatoms. The van der Waals surface area contributed by atoms with E-state index in [9.17, 15) is 0 Å². The molecule has 0 aliphatic heterocycles. The molecular weight excluding hydrogens is 296 g/mol. The summed E-state index contributed by atoms with van der Waals surface area (Å²) in [5, 5.41) is 4.84. The predicted octanol–water partition coefficient (Wildman–Crippen LogP) is 8.05. The Kier molecular flexibility index (Phi) is 11.8. The summed E-state index contributed by atoms with van der Waals surface area (Å²) in [5.41, 5.74) is 3.30. The van der Waals surface area contributed by atoms with E-state index in [1.54, 1.807) is 11.1 Å². The van der Waals surface area contributed by atoms with E-state index in [1.165, 1.54) is 77.0 Å². The molecule has 0 fully saturated rings. The van der Waals surface area contributed by atoms with Crippen LogP contribution >= 0.6 is 11.3 Å². The normalized spacial score (nSPS) is 14.1. The van der Waals surface area contributed by atoms with Gasteiger partial charge in [-0.3, -0.25) is 0 Å². The van der Waals surface area contributed by atoms with Crippen LogP contribution in [0.5, 0.6) is 0 Å². The quantitative estimate of drug-likeness (QED) is 0.301. The maximum atomic E-state index is 2.45. The van der Waals surface area contributed by atoms with Crippen LogP contribution in [-0.4, -0.2) is 0 Å². The van der Waals surface area contributed by atoms with E-state index in [0.717, 1.165) is 11.8 Å². The van der Waals surface area contributed by atoms with E-state index in [1.807, 2.05) is 11.3 Å². The summed E-state index contributed by atoms with van der Waals surface area (Å²) in [6.07, 6.45) is 16.6. The molecule has 1 aromatic rings. The highest BCUT2D eigenvalue weighted by Gasteiger charge is 2.12. The number of thiophene rings is 1. The van der Waals surface area contributed by atoms with Crippen LogP contribution in [0.15, 0.2) is 10.8 Å². The van der Waals surface area contributed by atoms with Gasteiger partial charge in [-0.2, -0.15) is 11.3 Å². The zero-order valence-electron chi connectivity index (χ0n) is 16.2. The van der Waals surface area contributed by atoms with Gasteiger partial charge < -0.3 is 0 Å². The Labute approximate surface area is 150 Å². The first kappa shape index (κ1) is 20.7. The van der Waals surface area contributed by atoms with Gasteiger partial charge in [-0.25, -0.2) is 0 Å². The van der Waals surface area contributed by atoms with Crippen molar-refractivity contribution >= 4 is 11.3 Å². The molecule has 0 radical (unpaired) electrons. The van der Waals surface area contributed by atoms with Gasteiger partial charge in [0, 0.05) is 0 Å². The van der Waals surface area contributed by atoms with Crippen LogP contribution in [0.25, 0.3) is 0 Å². The molecule has 0 aliphatic carbocycles. The third kappa shape index (κ3) is 9.55. The molecule has 0 amide bonds. The Morgan fingerprint density at radius 3 is 1.52 bits per heavy atom. The predicted molar refractivity (Wildman–Crippen MR) is 108 cm³/mol. The van der Waals surface area contributed by atoms with Crippen molar-refractivity contribution in [3.05, 3.63) is 21.9 Å². The molecule has 2 atom stereocenters. The van der Waals surface area contributed by atoms with Gasteiger partial charge in [0.2, 0.25) is 0 Å². The summed E-state index contributed by atoms with van der Waals surface area (Å²) in [4.78, 5) is 0. The van der Waals surface area contributed by atoms with Crippen LogP contribution in [0.4, 0.5) is 0 Å². The van der Waals surface area contributed by atoms with Gasteiger partial charge in [0.05, 0.1) is 0 Å². The maximum Gasteiger partial charge on any atom is -0.00583 e. The average Bonchev–Trinajstić information content (AvgIpc) is 2.95. The molecule has 134 valence electrons. The molecule has 0 unspecified atom stereocenters. The molecule has 0 nitrogen and oxygen atoms in total. The lowest BCUT2D eigenvalue weighted by atomic mass is 9.90. The standard InChI is InChI=1S/C22H40S/c1-5-7-9-11-13-19(3)15-21-17-23-18-22(21)16-20(4)14-12-10-8-6-2/h17-20H,5-16H2,1-4H3/t19-,20-/m1/s1. The second kappa shape index (κ2) is 13.0. The van der Waals surface area contributed by atoms with Gasteiger partial charge in [0.1, 0.15) is 0 Å². The van der Waals surface area contributed by atoms with E-state index in [4.69, 9.17) is 0 Å². The topological polar surface area (TPSA) is 0 Å². The van der Waals surface area contributed by atoms with Crippen molar-refractivity contribution in [3.63, 3.8) is 0 Å². The van der Waals surface area contributed by atoms with Gasteiger partial charge in [-0.1, -0.05) is 91.9 Å². The average molecular weight is 337 g/mol. The number of hydrogen-bond acceptors (Lipinski definition) is 1. The molecule has 0 bridgehead atoms. The van der Waals surface area contributed by atoms with Crippen molar-refractivity contribution < 1.29 is 0 Å². The summed E-state index contributed by atoms with van der Waals surface area (Å²) in [5.74, 6) is 1.69. The molecule has 1 heterocycles. The molecule has 0 saturated carbocycles. The molecular formula is C22H40S. The highest BCUT2D eigenvalue weighted by Crippen LogP contribution is 2.25. The second-order valence-electron chi connectivity index (χ2n) is 7.74. The van der Waals surface area contributed by atoms with Crippen molar-refractivity contribution in [2.75, 3.05) is 0 Å². The SMILES string of the molecule is CCCCCC[C@@H](C)Cc1cscc1C[C@H](C)CCCCCC. The Bertz CT molecular complexity index is 345. The summed E-state index contributed by atoms with van der Waals surface area (Å²) in [7, 11) is 0. The van der Waals surface area contributed by atoms with E-state index in [2.05, 4.69) is 38.5 Å². The maximum absolute atomic E-state index is 2.45. The van der Waals surface area contributed by atoms with Crippen molar-refractivity contribution in [2.24, 2.45) is 11.8 Å². The number of rotatable bonds is 14. The fraction of sp³-hybridized carbons (Fsp3) is 0.818. The zero-order valence-corrected chi connectivity index (χ0v) is 17.0. The highest BCUT2D eigenvalue weighted by atomic mass is 32.1. The van der Waals surface area contributed by atoms with Crippen LogP contribution in [0, 0.1) is 11.8 Å². The van der Waals surface area contributed by atoms with Gasteiger partial charge in [0.25, 0.3) is 0 Å². The fourth-order valence-corrected chi connectivity index (χ4v) is 4.39. The smallest absolute Gasteiger partial charge is 0.00583 e. The lowest BCUT2D eigenvalue weighted by Gasteiger charge is -2.15. The third-order valence-corrected chi connectivity index (χ3v) is 5.91. The van der Waals surface area contributed by atoms with Gasteiger partial charge in [-0.05, 0) is 46.6 Å². The summed E-state index contributed by atoms with van der Waals surface area (Å²) < 4.78 is 0. The minimum atomic E-state index is 0.847. The largest absolute Gasteiger partial charge is 0.152 e. The molecule has 23 heavy (non-hydrogen) atoms. The second-order valence-corrected chi connectivity index (χ2v) is 8.48. The van der Waals surface area contributed by atoms with E-state index >= 15 is 0 Å². The lowest BCUT2D eigenvalue weighted by Crippen LogP contribution is -2.05. The fourth-order valence-electron chi connectivity index (χ4n) is 3.50. The Morgan fingerprint density at radius 2 is 1.13 bits per heavy atom. The Balaban J connectivity index is 2.31. The first-order valence-corrected chi connectivity index (χ1v) is 11.2. The minimum absolute atomic E-state index is 0.847. The first-order valence-electron chi connectivity index (χ1n) is 10.2. The Hall–Kier alpha value is -0.300. The molecule has 1 aromatic heterocycles. The molecule has 0 N–H and O–H groups in total. The third-order valence-electron chi connectivity index (χ3n) is 5.07. The zero-order chi connectivity index (χ0) is 16.9. The van der Waals surface area contributed by atoms with Gasteiger partial charge in [-0.15, -0.1) is 0 Å². The van der Waals surface area contributed by atoms with Crippen molar-refractivity contribution in [3.8, 4) is 0 Å². The van der Waals surface area contributed by atoms with E-state index < -0.39 is 0 Å². The number of unbranched alkanes of at least 4 members (excludes halogenated alkanes) is 6. The van der Waals surface area contributed by atoms with Gasteiger partial charge in [0.15, 0.2) is 0 Å². The lowest BCUT2D eigenvalue weighted by molar-refractivity contribution is 0.474. The van der Waals surface area contributed by atoms with Crippen molar-refractivity contribution in [1.82, 2.24) is 0 Å². The molecule has 0 spiro atoms. The van der Waals surface area contributed by atoms with Crippen LogP contribution in [-0.2, 0) is 12.8 Å². The minimum Gasteiger partial charge on any atom is -0.152 e. The molecule has 0 aromatic carbocycles. The van der Waals surface area contributed by atoms with Crippen molar-refractivity contribution in [2.45, 2.75) is 105 Å². The molecule has 1 rings (SSSR count). The first-order chi connectivity index (χ1) is 11.2. The highest BCUT2D eigenvalue weighted by molar-refractivity contribution is 7.08. The van der Waals surface area contributed by atoms with E-state index in [-0.39, 0.29) is 0 Å². The van der Waals surface area contributed by atoms with E-state index in [0.29, 0.717) is 0 Å². The summed E-state index contributed by atoms with van der Waals surface area (Å²) in [6.45, 7) is 9.48. The molecule has 0 saturated heterocycles. The van der Waals surface area contributed by atoms with Crippen LogP contribution in [0.1, 0.15) is 103 Å². The van der Waals surface area contributed by atoms with Gasteiger partial charge >= 0.3 is 0 Å². The molecule has 0 aliphatic rings. The van der Waals surface area contributed by atoms with Crippen LogP contribution < -0.4 is 0 Å². The monoisotopic (exact) mass is 336 g/mol. The summed E-state index contributed by atoms with van der Waals surface area (Å²) in [6, 6.07) is 0. The number of hydrogen-bond donors (Lipinski definition) is 0. The Morgan fingerprint density at radius 1 is 0.696 bits per heavy atom. The van der Waals surface area contributed by atoms with Crippen LogP contribution in [0.3, 0.4) is 0 Å². The van der Waals surface area contributed by atoms with Crippen molar-refractivity contribution in [1.29, 1.82) is 0 Å². The van der Waals surface area contributed by atoms with Crippen LogP contribution in [0.2, 0.25) is 0 Å². The summed E-state index contributed by atoms with van der Waals surface area (Å²) >= 11 is 1.91.